The van der Waals surface area contributed by atoms with Crippen molar-refractivity contribution >= 4 is 33.2 Å². The molecule has 3 rings (SSSR count). The Morgan fingerprint density at radius 2 is 1.91 bits per heavy atom. The van der Waals surface area contributed by atoms with Crippen LogP contribution in [0.2, 0.25) is 0 Å². The van der Waals surface area contributed by atoms with Gasteiger partial charge in [-0.05, 0) is 17.5 Å². The van der Waals surface area contributed by atoms with E-state index in [2.05, 4.69) is 10.2 Å². The number of carbonyl (C=O) groups excluding carboxylic acids is 2. The number of benzene rings is 1. The minimum atomic E-state index is 0.0179. The predicted molar refractivity (Wildman–Crippen MR) is 88.2 cm³/mol. The number of hydrogen-bond donors (Lipinski definition) is 1. The van der Waals surface area contributed by atoms with Crippen LogP contribution in [0.4, 0.5) is 0 Å². The molecule has 2 heterocycles. The van der Waals surface area contributed by atoms with E-state index in [0.717, 1.165) is 28.1 Å². The van der Waals surface area contributed by atoms with Crippen molar-refractivity contribution in [2.75, 3.05) is 39.8 Å². The van der Waals surface area contributed by atoms with Crippen molar-refractivity contribution in [1.29, 1.82) is 0 Å². The first-order valence-electron chi connectivity index (χ1n) is 7.38. The van der Waals surface area contributed by atoms with Crippen LogP contribution in [0.3, 0.4) is 0 Å². The van der Waals surface area contributed by atoms with E-state index in [-0.39, 0.29) is 11.8 Å². The Morgan fingerprint density at radius 1 is 1.18 bits per heavy atom. The number of piperazine rings is 1. The maximum Gasteiger partial charge on any atom is 0.264 e. The quantitative estimate of drug-likeness (QED) is 0.931. The van der Waals surface area contributed by atoms with E-state index < -0.39 is 0 Å². The van der Waals surface area contributed by atoms with Gasteiger partial charge in [0.2, 0.25) is 5.91 Å². The minimum Gasteiger partial charge on any atom is -0.358 e. The molecule has 116 valence electrons. The Kier molecular flexibility index (Phi) is 4.40. The highest BCUT2D eigenvalue weighted by Crippen LogP contribution is 2.26. The van der Waals surface area contributed by atoms with Crippen LogP contribution < -0.4 is 5.32 Å². The van der Waals surface area contributed by atoms with Gasteiger partial charge in [0.15, 0.2) is 0 Å². The van der Waals surface area contributed by atoms with Gasteiger partial charge in [-0.3, -0.25) is 14.5 Å². The first-order chi connectivity index (χ1) is 10.7. The minimum absolute atomic E-state index is 0.0179. The summed E-state index contributed by atoms with van der Waals surface area (Å²) in [5, 5.41) is 3.75. The molecule has 0 aliphatic carbocycles. The third-order valence-electron chi connectivity index (χ3n) is 3.94. The van der Waals surface area contributed by atoms with Crippen molar-refractivity contribution < 1.29 is 9.59 Å². The summed E-state index contributed by atoms with van der Waals surface area (Å²) in [4.78, 5) is 28.7. The van der Waals surface area contributed by atoms with Gasteiger partial charge in [-0.25, -0.2) is 0 Å². The lowest BCUT2D eigenvalue weighted by atomic mass is 10.2. The van der Waals surface area contributed by atoms with Crippen molar-refractivity contribution in [3.05, 3.63) is 35.2 Å². The molecule has 0 spiro atoms. The SMILES string of the molecule is CNC(=O)CN1CCN(C(=O)c2cc3ccccc3s2)CC1. The van der Waals surface area contributed by atoms with Crippen LogP contribution in [0.15, 0.2) is 30.3 Å². The molecule has 2 aromatic rings. The molecule has 2 amide bonds. The Morgan fingerprint density at radius 3 is 2.59 bits per heavy atom. The average molecular weight is 317 g/mol. The first-order valence-corrected chi connectivity index (χ1v) is 8.20. The predicted octanol–water partition coefficient (Wildman–Crippen LogP) is 1.41. The molecular formula is C16H19N3O2S. The van der Waals surface area contributed by atoms with Gasteiger partial charge in [-0.1, -0.05) is 18.2 Å². The molecular weight excluding hydrogens is 298 g/mol. The molecule has 22 heavy (non-hydrogen) atoms. The zero-order valence-corrected chi connectivity index (χ0v) is 13.4. The Balaban J connectivity index is 1.63. The molecule has 0 bridgehead atoms. The van der Waals surface area contributed by atoms with Gasteiger partial charge < -0.3 is 10.2 Å². The summed E-state index contributed by atoms with van der Waals surface area (Å²) in [6.45, 7) is 3.23. The number of nitrogens with zero attached hydrogens (tertiary/aromatic N) is 2. The summed E-state index contributed by atoms with van der Waals surface area (Å²) in [6, 6.07) is 10.0. The molecule has 5 nitrogen and oxygen atoms in total. The van der Waals surface area contributed by atoms with E-state index in [9.17, 15) is 9.59 Å². The van der Waals surface area contributed by atoms with Crippen molar-refractivity contribution in [3.63, 3.8) is 0 Å². The van der Waals surface area contributed by atoms with Crippen molar-refractivity contribution in [2.45, 2.75) is 0 Å². The van der Waals surface area contributed by atoms with Crippen LogP contribution in [0.1, 0.15) is 9.67 Å². The molecule has 0 radical (unpaired) electrons. The van der Waals surface area contributed by atoms with Crippen LogP contribution in [0, 0.1) is 0 Å². The largest absolute Gasteiger partial charge is 0.358 e. The third kappa shape index (κ3) is 3.13. The summed E-state index contributed by atoms with van der Waals surface area (Å²) in [5.74, 6) is 0.116. The second-order valence-corrected chi connectivity index (χ2v) is 6.47. The summed E-state index contributed by atoms with van der Waals surface area (Å²) >= 11 is 1.55. The van der Waals surface area contributed by atoms with Crippen LogP contribution >= 0.6 is 11.3 Å². The van der Waals surface area contributed by atoms with Gasteiger partial charge in [0.05, 0.1) is 11.4 Å². The monoisotopic (exact) mass is 317 g/mol. The number of fused-ring (bicyclic) bond motifs is 1. The number of thiophene rings is 1. The van der Waals surface area contributed by atoms with E-state index in [1.807, 2.05) is 35.2 Å². The van der Waals surface area contributed by atoms with Crippen LogP contribution in [0.25, 0.3) is 10.1 Å². The maximum atomic E-state index is 12.6. The van der Waals surface area contributed by atoms with Gasteiger partial charge in [-0.2, -0.15) is 0 Å². The number of amides is 2. The molecule has 1 fully saturated rings. The average Bonchev–Trinajstić information content (AvgIpc) is 2.98. The molecule has 0 saturated carbocycles. The molecule has 0 unspecified atom stereocenters. The van der Waals surface area contributed by atoms with E-state index in [1.165, 1.54) is 0 Å². The number of carbonyl (C=O) groups is 2. The van der Waals surface area contributed by atoms with Gasteiger partial charge in [0, 0.05) is 37.9 Å². The topological polar surface area (TPSA) is 52.7 Å². The Labute approximate surface area is 133 Å². The van der Waals surface area contributed by atoms with Crippen molar-refractivity contribution in [1.82, 2.24) is 15.1 Å². The smallest absolute Gasteiger partial charge is 0.264 e. The van der Waals surface area contributed by atoms with Crippen molar-refractivity contribution in [3.8, 4) is 0 Å². The van der Waals surface area contributed by atoms with Gasteiger partial charge in [0.25, 0.3) is 5.91 Å². The molecule has 1 saturated heterocycles. The number of hydrogen-bond acceptors (Lipinski definition) is 4. The van der Waals surface area contributed by atoms with E-state index in [4.69, 9.17) is 0 Å². The fourth-order valence-electron chi connectivity index (χ4n) is 2.63. The maximum absolute atomic E-state index is 12.6. The van der Waals surface area contributed by atoms with Crippen LogP contribution in [0.5, 0.6) is 0 Å². The Hall–Kier alpha value is -1.92. The van der Waals surface area contributed by atoms with E-state index in [0.29, 0.717) is 19.6 Å². The van der Waals surface area contributed by atoms with E-state index >= 15 is 0 Å². The molecule has 6 heteroatoms. The normalized spacial score (nSPS) is 16.0. The fraction of sp³-hybridized carbons (Fsp3) is 0.375. The van der Waals surface area contributed by atoms with E-state index in [1.54, 1.807) is 18.4 Å². The molecule has 1 aromatic carbocycles. The lowest BCUT2D eigenvalue weighted by Gasteiger charge is -2.34. The molecule has 1 N–H and O–H groups in total. The van der Waals surface area contributed by atoms with Crippen LogP contribution in [-0.2, 0) is 4.79 Å². The second-order valence-electron chi connectivity index (χ2n) is 5.39. The highest BCUT2D eigenvalue weighted by Gasteiger charge is 2.24. The van der Waals surface area contributed by atoms with Crippen molar-refractivity contribution in [2.24, 2.45) is 0 Å². The highest BCUT2D eigenvalue weighted by molar-refractivity contribution is 7.20. The van der Waals surface area contributed by atoms with Crippen LogP contribution in [-0.4, -0.2) is 61.4 Å². The highest BCUT2D eigenvalue weighted by atomic mass is 32.1. The van der Waals surface area contributed by atoms with Gasteiger partial charge >= 0.3 is 0 Å². The second kappa shape index (κ2) is 6.46. The summed E-state index contributed by atoms with van der Waals surface area (Å²) in [5.41, 5.74) is 0. The number of rotatable bonds is 3. The first kappa shape index (κ1) is 15.0. The molecule has 1 aromatic heterocycles. The summed E-state index contributed by atoms with van der Waals surface area (Å²) < 4.78 is 1.14. The molecule has 1 aliphatic rings. The zero-order valence-electron chi connectivity index (χ0n) is 12.5. The molecule has 1 aliphatic heterocycles. The summed E-state index contributed by atoms with van der Waals surface area (Å²) in [7, 11) is 1.64. The lowest BCUT2D eigenvalue weighted by Crippen LogP contribution is -2.50. The standard InChI is InChI=1S/C16H19N3O2S/c1-17-15(20)11-18-6-8-19(9-7-18)16(21)14-10-12-4-2-3-5-13(12)22-14/h2-5,10H,6-9,11H2,1H3,(H,17,20). The van der Waals surface area contributed by atoms with Gasteiger partial charge in [-0.15, -0.1) is 11.3 Å². The summed E-state index contributed by atoms with van der Waals surface area (Å²) in [6.07, 6.45) is 0. The zero-order chi connectivity index (χ0) is 15.5. The molecule has 0 atom stereocenters. The third-order valence-corrected chi connectivity index (χ3v) is 5.05. The number of likely N-dealkylation sites (N-methyl/N-ethyl adjacent to an activating group) is 1. The number of nitrogens with one attached hydrogen (secondary N) is 1. The Bertz CT molecular complexity index is 657. The lowest BCUT2D eigenvalue weighted by molar-refractivity contribution is -0.122. The fourth-order valence-corrected chi connectivity index (χ4v) is 3.66. The van der Waals surface area contributed by atoms with Gasteiger partial charge in [0.1, 0.15) is 0 Å².